The molecule has 1 aromatic heterocycles. The van der Waals surface area contributed by atoms with Crippen LogP contribution in [-0.2, 0) is 23.6 Å². The van der Waals surface area contributed by atoms with E-state index in [0.29, 0.717) is 5.56 Å². The zero-order valence-corrected chi connectivity index (χ0v) is 17.2. The Labute approximate surface area is 174 Å². The van der Waals surface area contributed by atoms with Gasteiger partial charge in [-0.3, -0.25) is 0 Å². The molecular formula is C21H22F2N4O2S. The Bertz CT molecular complexity index is 1130. The molecule has 1 aliphatic rings. The molecule has 4 rings (SSSR count). The lowest BCUT2D eigenvalue weighted by atomic mass is 9.94. The number of halogens is 2. The number of nitrogens with zero attached hydrogens (tertiary/aromatic N) is 3. The van der Waals surface area contributed by atoms with Gasteiger partial charge in [-0.2, -0.15) is 4.31 Å². The number of imidazole rings is 1. The van der Waals surface area contributed by atoms with E-state index in [0.717, 1.165) is 5.56 Å². The molecule has 1 N–H and O–H groups in total. The summed E-state index contributed by atoms with van der Waals surface area (Å²) < 4.78 is 56.5. The molecule has 0 aliphatic carbocycles. The molecule has 1 aliphatic heterocycles. The van der Waals surface area contributed by atoms with Crippen molar-refractivity contribution in [3.8, 4) is 0 Å². The van der Waals surface area contributed by atoms with Crippen molar-refractivity contribution in [1.29, 1.82) is 0 Å². The van der Waals surface area contributed by atoms with E-state index in [4.69, 9.17) is 0 Å². The fraction of sp³-hybridized carbons (Fsp3) is 0.286. The van der Waals surface area contributed by atoms with Gasteiger partial charge in [0.1, 0.15) is 11.6 Å². The molecular weight excluding hydrogens is 410 g/mol. The molecule has 1 fully saturated rings. The first-order chi connectivity index (χ1) is 14.3. The Kier molecular flexibility index (Phi) is 5.68. The van der Waals surface area contributed by atoms with E-state index in [9.17, 15) is 17.2 Å². The average molecular weight is 432 g/mol. The highest BCUT2D eigenvalue weighted by atomic mass is 32.2. The minimum Gasteiger partial charge on any atom is -0.339 e. The third kappa shape index (κ3) is 4.14. The number of rotatable bonds is 6. The van der Waals surface area contributed by atoms with Gasteiger partial charge in [-0.1, -0.05) is 30.3 Å². The van der Waals surface area contributed by atoms with Gasteiger partial charge >= 0.3 is 0 Å². The second-order valence-corrected chi connectivity index (χ2v) is 9.32. The van der Waals surface area contributed by atoms with Crippen LogP contribution in [0.15, 0.2) is 66.1 Å². The third-order valence-corrected chi connectivity index (χ3v) is 7.10. The molecule has 0 bridgehead atoms. The van der Waals surface area contributed by atoms with Gasteiger partial charge in [0.25, 0.3) is 10.0 Å². The molecule has 9 heteroatoms. The number of aromatic nitrogens is 2. The van der Waals surface area contributed by atoms with Crippen LogP contribution in [0, 0.1) is 11.6 Å². The van der Waals surface area contributed by atoms with Crippen molar-refractivity contribution in [3.05, 3.63) is 83.8 Å². The highest BCUT2D eigenvalue weighted by molar-refractivity contribution is 7.89. The van der Waals surface area contributed by atoms with Crippen molar-refractivity contribution < 1.29 is 17.2 Å². The first-order valence-electron chi connectivity index (χ1n) is 9.55. The van der Waals surface area contributed by atoms with E-state index in [1.165, 1.54) is 35.0 Å². The fourth-order valence-corrected chi connectivity index (χ4v) is 5.21. The van der Waals surface area contributed by atoms with Crippen LogP contribution in [0.2, 0.25) is 0 Å². The molecule has 158 valence electrons. The van der Waals surface area contributed by atoms with Crippen molar-refractivity contribution in [2.75, 3.05) is 13.1 Å². The first kappa shape index (κ1) is 20.6. The van der Waals surface area contributed by atoms with Crippen molar-refractivity contribution >= 4 is 10.0 Å². The average Bonchev–Trinajstić information content (AvgIpc) is 3.35. The van der Waals surface area contributed by atoms with Crippen LogP contribution in [0.25, 0.3) is 0 Å². The maximum absolute atomic E-state index is 14.0. The monoisotopic (exact) mass is 432 g/mol. The summed E-state index contributed by atoms with van der Waals surface area (Å²) in [6, 6.07) is 12.2. The second-order valence-electron chi connectivity index (χ2n) is 7.44. The number of benzene rings is 2. The summed E-state index contributed by atoms with van der Waals surface area (Å²) in [6.45, 7) is 0.682. The molecule has 2 aromatic carbocycles. The Hall–Kier alpha value is -2.62. The summed E-state index contributed by atoms with van der Waals surface area (Å²) in [7, 11) is -2.07. The van der Waals surface area contributed by atoms with Gasteiger partial charge in [0.2, 0.25) is 0 Å². The van der Waals surface area contributed by atoms with Gasteiger partial charge in [-0.15, -0.1) is 0 Å². The predicted octanol–water partition coefficient (Wildman–Crippen LogP) is 2.64. The van der Waals surface area contributed by atoms with E-state index in [2.05, 4.69) is 10.3 Å². The van der Waals surface area contributed by atoms with Crippen LogP contribution in [0.5, 0.6) is 0 Å². The molecule has 3 aromatic rings. The minimum atomic E-state index is -3.78. The molecule has 0 unspecified atom stereocenters. The zero-order chi connectivity index (χ0) is 21.3. The van der Waals surface area contributed by atoms with Crippen molar-refractivity contribution in [3.63, 3.8) is 0 Å². The highest BCUT2D eigenvalue weighted by Crippen LogP contribution is 2.31. The molecule has 2 heterocycles. The number of sulfonamides is 1. The van der Waals surface area contributed by atoms with Gasteiger partial charge in [-0.05, 0) is 23.8 Å². The number of aryl methyl sites for hydroxylation is 1. The molecule has 0 radical (unpaired) electrons. The van der Waals surface area contributed by atoms with Gasteiger partial charge < -0.3 is 9.88 Å². The van der Waals surface area contributed by atoms with Gasteiger partial charge in [0.15, 0.2) is 5.03 Å². The maximum atomic E-state index is 14.0. The first-order valence-corrected chi connectivity index (χ1v) is 11.0. The van der Waals surface area contributed by atoms with E-state index >= 15 is 0 Å². The third-order valence-electron chi connectivity index (χ3n) is 5.38. The highest BCUT2D eigenvalue weighted by Gasteiger charge is 2.40. The van der Waals surface area contributed by atoms with Crippen LogP contribution in [0.3, 0.4) is 0 Å². The molecule has 0 amide bonds. The lowest BCUT2D eigenvalue weighted by Crippen LogP contribution is -2.36. The van der Waals surface area contributed by atoms with E-state index in [1.54, 1.807) is 41.9 Å². The van der Waals surface area contributed by atoms with Crippen LogP contribution in [-0.4, -0.2) is 41.4 Å². The van der Waals surface area contributed by atoms with Crippen LogP contribution in [0.4, 0.5) is 8.78 Å². The quantitative estimate of drug-likeness (QED) is 0.650. The largest absolute Gasteiger partial charge is 0.339 e. The van der Waals surface area contributed by atoms with Crippen molar-refractivity contribution in [1.82, 2.24) is 19.2 Å². The summed E-state index contributed by atoms with van der Waals surface area (Å²) >= 11 is 0. The zero-order valence-electron chi connectivity index (χ0n) is 16.4. The number of hydrogen-bond donors (Lipinski definition) is 1. The summed E-state index contributed by atoms with van der Waals surface area (Å²) in [5.41, 5.74) is 1.32. The summed E-state index contributed by atoms with van der Waals surface area (Å²) in [6.07, 6.45) is 2.90. The van der Waals surface area contributed by atoms with Crippen molar-refractivity contribution in [2.45, 2.75) is 23.5 Å². The molecule has 1 saturated heterocycles. The standard InChI is InChI=1S/C21H22F2N4O2S/c1-26-13-21(25-14-26)30(28,29)27-11-18(15-6-8-17(22)9-7-15)20(12-27)24-10-16-4-2-3-5-19(16)23/h2-9,13-14,18,20,24H,10-12H2,1H3/t18-,20+/m0/s1. The number of hydrogen-bond acceptors (Lipinski definition) is 4. The summed E-state index contributed by atoms with van der Waals surface area (Å²) in [4.78, 5) is 3.99. The molecule has 0 spiro atoms. The lowest BCUT2D eigenvalue weighted by Gasteiger charge is -2.20. The Balaban J connectivity index is 1.60. The molecule has 2 atom stereocenters. The Morgan fingerprint density at radius 3 is 2.50 bits per heavy atom. The molecule has 0 saturated carbocycles. The lowest BCUT2D eigenvalue weighted by molar-refractivity contribution is 0.451. The second kappa shape index (κ2) is 8.25. The summed E-state index contributed by atoms with van der Waals surface area (Å²) in [5.74, 6) is -0.888. The van der Waals surface area contributed by atoms with Crippen LogP contribution < -0.4 is 5.32 Å². The van der Waals surface area contributed by atoms with E-state index < -0.39 is 10.0 Å². The normalized spacial score (nSPS) is 20.0. The Morgan fingerprint density at radius 1 is 1.10 bits per heavy atom. The van der Waals surface area contributed by atoms with Crippen molar-refractivity contribution in [2.24, 2.45) is 7.05 Å². The molecule has 30 heavy (non-hydrogen) atoms. The van der Waals surface area contributed by atoms with Gasteiger partial charge in [0.05, 0.1) is 6.33 Å². The fourth-order valence-electron chi connectivity index (χ4n) is 3.76. The van der Waals surface area contributed by atoms with Crippen LogP contribution in [0.1, 0.15) is 17.0 Å². The van der Waals surface area contributed by atoms with Crippen LogP contribution >= 0.6 is 0 Å². The topological polar surface area (TPSA) is 67.2 Å². The smallest absolute Gasteiger partial charge is 0.262 e. The minimum absolute atomic E-state index is 0.0161. The SMILES string of the molecule is Cn1cnc(S(=O)(=O)N2C[C@@H](NCc3ccccc3F)[C@H](c3ccc(F)cc3)C2)c1. The number of nitrogens with one attached hydrogen (secondary N) is 1. The molecule has 6 nitrogen and oxygen atoms in total. The van der Waals surface area contributed by atoms with E-state index in [-0.39, 0.29) is 48.3 Å². The maximum Gasteiger partial charge on any atom is 0.262 e. The van der Waals surface area contributed by atoms with Gasteiger partial charge in [-0.25, -0.2) is 22.2 Å². The predicted molar refractivity (Wildman–Crippen MR) is 108 cm³/mol. The Morgan fingerprint density at radius 2 is 1.83 bits per heavy atom. The van der Waals surface area contributed by atoms with Gasteiger partial charge in [0, 0.05) is 50.4 Å². The summed E-state index contributed by atoms with van der Waals surface area (Å²) in [5, 5.41) is 3.28. The van der Waals surface area contributed by atoms with E-state index in [1.807, 2.05) is 0 Å².